The largest absolute Gasteiger partial charge is 0.394 e. The molecule has 1 aliphatic carbocycles. The number of carbonyl (C=O) groups excluding carboxylic acids is 2. The van der Waals surface area contributed by atoms with E-state index in [9.17, 15) is 30.0 Å². The van der Waals surface area contributed by atoms with Gasteiger partial charge in [0.25, 0.3) is 0 Å². The molecule has 28 heavy (non-hydrogen) atoms. The lowest BCUT2D eigenvalue weighted by molar-refractivity contribution is -0.321. The van der Waals surface area contributed by atoms with Gasteiger partial charge < -0.3 is 40.4 Å². The Morgan fingerprint density at radius 1 is 1.07 bits per heavy atom. The van der Waals surface area contributed by atoms with E-state index in [1.165, 1.54) is 6.92 Å². The van der Waals surface area contributed by atoms with Crippen LogP contribution in [0.5, 0.6) is 0 Å². The molecule has 2 fully saturated rings. The van der Waals surface area contributed by atoms with Gasteiger partial charge in [-0.25, -0.2) is 0 Å². The molecule has 10 nitrogen and oxygen atoms in total. The molecule has 0 radical (unpaired) electrons. The first kappa shape index (κ1) is 23.1. The molecule has 10 heteroatoms. The van der Waals surface area contributed by atoms with Gasteiger partial charge in [0.1, 0.15) is 30.2 Å². The van der Waals surface area contributed by atoms with E-state index in [1.54, 1.807) is 0 Å². The molecule has 6 N–H and O–H groups in total. The zero-order valence-electron chi connectivity index (χ0n) is 16.1. The first-order chi connectivity index (χ1) is 13.2. The Hall–Kier alpha value is -1.14. The Morgan fingerprint density at radius 3 is 2.25 bits per heavy atom. The number of hydrogen-bond donors (Lipinski definition) is 5. The average molecular weight is 405 g/mol. The van der Waals surface area contributed by atoms with Gasteiger partial charge in [-0.15, -0.1) is 0 Å². The molecule has 0 aromatic carbocycles. The van der Waals surface area contributed by atoms with Gasteiger partial charge in [0.05, 0.1) is 24.7 Å². The lowest BCUT2D eigenvalue weighted by Crippen LogP contribution is -2.61. The smallest absolute Gasteiger partial charge is 0.221 e. The Kier molecular flexibility index (Phi) is 8.31. The molecule has 9 atom stereocenters. The van der Waals surface area contributed by atoms with Crippen molar-refractivity contribution >= 4 is 11.7 Å². The molecule has 1 amide bonds. The summed E-state index contributed by atoms with van der Waals surface area (Å²) in [6.45, 7) is 3.15. The molecule has 1 aliphatic heterocycles. The molecule has 2 rings (SSSR count). The number of amides is 1. The normalized spacial score (nSPS) is 41.6. The number of aliphatic hydroxyl groups excluding tert-OH is 4. The van der Waals surface area contributed by atoms with Crippen molar-refractivity contribution in [2.24, 2.45) is 17.6 Å². The van der Waals surface area contributed by atoms with E-state index in [0.717, 1.165) is 6.42 Å². The van der Waals surface area contributed by atoms with Gasteiger partial charge in [0, 0.05) is 12.5 Å². The zero-order chi connectivity index (χ0) is 21.0. The topological polar surface area (TPSA) is 169 Å². The van der Waals surface area contributed by atoms with Crippen LogP contribution in [0.15, 0.2) is 0 Å². The summed E-state index contributed by atoms with van der Waals surface area (Å²) in [5.74, 6) is -2.14. The van der Waals surface area contributed by atoms with E-state index in [-0.39, 0.29) is 18.6 Å². The van der Waals surface area contributed by atoms with Crippen LogP contribution in [-0.2, 0) is 23.8 Å². The standard InChI is InChI=1S/C18H31NO9/c1-3-4-26-11-5-9(8(2)21)10(17(19)25)6-12(11)27-18-16(24)15(23)14(22)13(7-20)28-18/h9-16,18,20,22-24H,3-7H2,1-2H3,(H2,19,25)/t9?,10-,11-,12?,13?,14+,15?,16?,18-/m0/s1. The summed E-state index contributed by atoms with van der Waals surface area (Å²) in [4.78, 5) is 23.9. The second kappa shape index (κ2) is 10.1. The minimum Gasteiger partial charge on any atom is -0.394 e. The number of ether oxygens (including phenoxy) is 3. The second-order valence-corrected chi connectivity index (χ2v) is 7.48. The van der Waals surface area contributed by atoms with E-state index in [1.807, 2.05) is 6.92 Å². The highest BCUT2D eigenvalue weighted by molar-refractivity contribution is 5.87. The third-order valence-electron chi connectivity index (χ3n) is 5.45. The van der Waals surface area contributed by atoms with Crippen molar-refractivity contribution in [1.29, 1.82) is 0 Å². The summed E-state index contributed by atoms with van der Waals surface area (Å²) in [6.07, 6.45) is -7.35. The van der Waals surface area contributed by atoms with E-state index < -0.39 is 67.3 Å². The predicted molar refractivity (Wildman–Crippen MR) is 94.8 cm³/mol. The highest BCUT2D eigenvalue weighted by Gasteiger charge is 2.48. The number of primary amides is 1. The SMILES string of the molecule is CCCO[C@H]1CC(C(C)=O)[C@@H](C(N)=O)CC1O[C@H]1OC(CO)[C@@H](O)C(O)C1O. The minimum absolute atomic E-state index is 0.0863. The Labute approximate surface area is 163 Å². The van der Waals surface area contributed by atoms with Crippen molar-refractivity contribution in [3.05, 3.63) is 0 Å². The molecule has 0 bridgehead atoms. The van der Waals surface area contributed by atoms with Gasteiger partial charge >= 0.3 is 0 Å². The average Bonchev–Trinajstić information content (AvgIpc) is 2.66. The summed E-state index contributed by atoms with van der Waals surface area (Å²) in [7, 11) is 0. The quantitative estimate of drug-likeness (QED) is 0.309. The monoisotopic (exact) mass is 405 g/mol. The van der Waals surface area contributed by atoms with E-state index >= 15 is 0 Å². The van der Waals surface area contributed by atoms with E-state index in [0.29, 0.717) is 6.61 Å². The van der Waals surface area contributed by atoms with E-state index in [2.05, 4.69) is 0 Å². The van der Waals surface area contributed by atoms with Crippen molar-refractivity contribution in [3.63, 3.8) is 0 Å². The van der Waals surface area contributed by atoms with Crippen LogP contribution in [-0.4, -0.2) is 88.2 Å². The highest BCUT2D eigenvalue weighted by Crippen LogP contribution is 2.36. The molecule has 162 valence electrons. The van der Waals surface area contributed by atoms with Gasteiger partial charge in [-0.1, -0.05) is 6.92 Å². The minimum atomic E-state index is -1.58. The number of rotatable bonds is 8. The molecule has 0 aromatic rings. The second-order valence-electron chi connectivity index (χ2n) is 7.48. The molecule has 0 aromatic heterocycles. The van der Waals surface area contributed by atoms with Gasteiger partial charge in [-0.2, -0.15) is 0 Å². The van der Waals surface area contributed by atoms with Crippen molar-refractivity contribution in [1.82, 2.24) is 0 Å². The van der Waals surface area contributed by atoms with E-state index in [4.69, 9.17) is 19.9 Å². The van der Waals surface area contributed by atoms with Crippen LogP contribution in [0.4, 0.5) is 0 Å². The van der Waals surface area contributed by atoms with Crippen LogP contribution < -0.4 is 5.73 Å². The van der Waals surface area contributed by atoms with Crippen LogP contribution in [0, 0.1) is 11.8 Å². The fraction of sp³-hybridized carbons (Fsp3) is 0.889. The summed E-state index contributed by atoms with van der Waals surface area (Å²) in [6, 6.07) is 0. The summed E-state index contributed by atoms with van der Waals surface area (Å²) in [5, 5.41) is 39.3. The van der Waals surface area contributed by atoms with Crippen molar-refractivity contribution in [3.8, 4) is 0 Å². The molecular formula is C18H31NO9. The molecule has 1 saturated carbocycles. The summed E-state index contributed by atoms with van der Waals surface area (Å²) in [5.41, 5.74) is 5.47. The van der Waals surface area contributed by atoms with Crippen LogP contribution in [0.2, 0.25) is 0 Å². The number of nitrogens with two attached hydrogens (primary N) is 1. The van der Waals surface area contributed by atoms with Crippen molar-refractivity contribution in [2.45, 2.75) is 76.0 Å². The van der Waals surface area contributed by atoms with Gasteiger partial charge in [0.15, 0.2) is 6.29 Å². The number of carbonyl (C=O) groups is 2. The van der Waals surface area contributed by atoms with Gasteiger partial charge in [-0.05, 0) is 26.2 Å². The van der Waals surface area contributed by atoms with Crippen molar-refractivity contribution in [2.75, 3.05) is 13.2 Å². The van der Waals surface area contributed by atoms with Gasteiger partial charge in [-0.3, -0.25) is 9.59 Å². The summed E-state index contributed by atoms with van der Waals surface area (Å²) >= 11 is 0. The Balaban J connectivity index is 2.19. The maximum atomic E-state index is 12.0. The molecule has 0 spiro atoms. The first-order valence-corrected chi connectivity index (χ1v) is 9.58. The maximum absolute atomic E-state index is 12.0. The lowest BCUT2D eigenvalue weighted by atomic mass is 9.74. The maximum Gasteiger partial charge on any atom is 0.221 e. The van der Waals surface area contributed by atoms with Crippen LogP contribution in [0.3, 0.4) is 0 Å². The summed E-state index contributed by atoms with van der Waals surface area (Å²) < 4.78 is 17.0. The van der Waals surface area contributed by atoms with Crippen LogP contribution in [0.25, 0.3) is 0 Å². The molecule has 1 heterocycles. The molecular weight excluding hydrogens is 374 g/mol. The predicted octanol–water partition coefficient (Wildman–Crippen LogP) is -1.93. The molecule has 1 saturated heterocycles. The molecule has 2 aliphatic rings. The fourth-order valence-corrected chi connectivity index (χ4v) is 3.84. The van der Waals surface area contributed by atoms with Crippen LogP contribution >= 0.6 is 0 Å². The Bertz CT molecular complexity index is 543. The van der Waals surface area contributed by atoms with Crippen LogP contribution in [0.1, 0.15) is 33.1 Å². The highest BCUT2D eigenvalue weighted by atomic mass is 16.7. The number of Topliss-reactive ketones (excluding diaryl/α,β-unsaturated/α-hetero) is 1. The fourth-order valence-electron chi connectivity index (χ4n) is 3.84. The molecule has 5 unspecified atom stereocenters. The third kappa shape index (κ3) is 5.07. The number of ketones is 1. The first-order valence-electron chi connectivity index (χ1n) is 9.58. The van der Waals surface area contributed by atoms with Gasteiger partial charge in [0.2, 0.25) is 5.91 Å². The lowest BCUT2D eigenvalue weighted by Gasteiger charge is -2.44. The van der Waals surface area contributed by atoms with Crippen molar-refractivity contribution < 1.29 is 44.2 Å². The number of aliphatic hydroxyl groups is 4. The number of hydrogen-bond acceptors (Lipinski definition) is 9. The Morgan fingerprint density at radius 2 is 1.71 bits per heavy atom. The third-order valence-corrected chi connectivity index (χ3v) is 5.45. The zero-order valence-corrected chi connectivity index (χ0v) is 16.1.